The highest BCUT2D eigenvalue weighted by atomic mass is 32.1. The lowest BCUT2D eigenvalue weighted by Crippen LogP contribution is -2.49. The summed E-state index contributed by atoms with van der Waals surface area (Å²) in [5, 5.41) is 16.1. The first kappa shape index (κ1) is 21.1. The first-order valence-electron chi connectivity index (χ1n) is 9.73. The number of fused-ring (bicyclic) bond motifs is 2. The van der Waals surface area contributed by atoms with E-state index in [9.17, 15) is 14.7 Å². The van der Waals surface area contributed by atoms with Gasteiger partial charge in [-0.3, -0.25) is 25.8 Å². The molecule has 0 aliphatic heterocycles. The lowest BCUT2D eigenvalue weighted by atomic mass is 10.1. The number of phenolic OH excluding ortho intramolecular Hbond substituents is 1. The Morgan fingerprint density at radius 3 is 2.16 bits per heavy atom. The fraction of sp³-hybridized carbons (Fsp3) is 0.0417. The Kier molecular flexibility index (Phi) is 6.14. The molecule has 0 fully saturated rings. The van der Waals surface area contributed by atoms with Crippen LogP contribution in [-0.2, 0) is 4.79 Å². The van der Waals surface area contributed by atoms with Gasteiger partial charge in [0.05, 0.1) is 5.56 Å². The van der Waals surface area contributed by atoms with Gasteiger partial charge in [0.2, 0.25) is 0 Å². The van der Waals surface area contributed by atoms with Crippen LogP contribution >= 0.6 is 12.2 Å². The van der Waals surface area contributed by atoms with Gasteiger partial charge in [0.25, 0.3) is 11.8 Å². The smallest absolute Gasteiger partial charge is 0.273 e. The molecule has 0 saturated heterocycles. The van der Waals surface area contributed by atoms with Crippen molar-refractivity contribution in [3.63, 3.8) is 0 Å². The topological polar surface area (TPSA) is 99.7 Å². The molecule has 0 aromatic heterocycles. The summed E-state index contributed by atoms with van der Waals surface area (Å²) in [6.45, 7) is -0.250. The summed E-state index contributed by atoms with van der Waals surface area (Å²) in [6.07, 6.45) is 0. The maximum absolute atomic E-state index is 12.4. The molecule has 2 amide bonds. The van der Waals surface area contributed by atoms with Crippen molar-refractivity contribution in [2.75, 3.05) is 6.61 Å². The van der Waals surface area contributed by atoms with Gasteiger partial charge < -0.3 is 9.84 Å². The predicted molar refractivity (Wildman–Crippen MR) is 126 cm³/mol. The van der Waals surface area contributed by atoms with Crippen molar-refractivity contribution in [3.8, 4) is 11.5 Å². The van der Waals surface area contributed by atoms with Crippen LogP contribution in [0.3, 0.4) is 0 Å². The number of ether oxygens (including phenoxy) is 1. The molecule has 8 heteroatoms. The minimum absolute atomic E-state index is 0.0740. The van der Waals surface area contributed by atoms with Crippen LogP contribution in [-0.4, -0.2) is 28.6 Å². The van der Waals surface area contributed by atoms with Gasteiger partial charge in [0.1, 0.15) is 11.5 Å². The Hall–Kier alpha value is -4.17. The molecule has 160 valence electrons. The van der Waals surface area contributed by atoms with E-state index in [1.54, 1.807) is 12.1 Å². The number of thiocarbonyl (C=S) groups is 1. The maximum atomic E-state index is 12.4. The maximum Gasteiger partial charge on any atom is 0.273 e. The zero-order valence-electron chi connectivity index (χ0n) is 16.8. The highest BCUT2D eigenvalue weighted by Crippen LogP contribution is 2.24. The van der Waals surface area contributed by atoms with E-state index in [0.29, 0.717) is 5.75 Å². The molecule has 0 atom stereocenters. The Bertz CT molecular complexity index is 1340. The van der Waals surface area contributed by atoms with Gasteiger partial charge >= 0.3 is 0 Å². The molecule has 0 radical (unpaired) electrons. The van der Waals surface area contributed by atoms with E-state index in [2.05, 4.69) is 16.2 Å². The van der Waals surface area contributed by atoms with Crippen LogP contribution in [0.4, 0.5) is 0 Å². The Morgan fingerprint density at radius 1 is 0.812 bits per heavy atom. The van der Waals surface area contributed by atoms with Crippen molar-refractivity contribution in [2.45, 2.75) is 0 Å². The lowest BCUT2D eigenvalue weighted by molar-refractivity contribution is -0.121. The summed E-state index contributed by atoms with van der Waals surface area (Å²) < 4.78 is 5.51. The van der Waals surface area contributed by atoms with Crippen LogP contribution in [0.15, 0.2) is 78.9 Å². The zero-order valence-corrected chi connectivity index (χ0v) is 17.6. The molecular weight excluding hydrogens is 426 g/mol. The average Bonchev–Trinajstić information content (AvgIpc) is 2.80. The quantitative estimate of drug-likeness (QED) is 0.284. The SMILES string of the molecule is O=C(COc1ccc2ccccc2c1)NC(=S)NNC(=O)c1cc2ccccc2cc1O. The first-order valence-corrected chi connectivity index (χ1v) is 10.1. The number of nitrogens with one attached hydrogen (secondary N) is 3. The molecule has 4 aromatic carbocycles. The number of phenols is 1. The molecule has 4 N–H and O–H groups in total. The van der Waals surface area contributed by atoms with Gasteiger partial charge in [0, 0.05) is 0 Å². The van der Waals surface area contributed by atoms with Crippen LogP contribution in [0.25, 0.3) is 21.5 Å². The number of rotatable bonds is 4. The molecule has 0 aliphatic rings. The number of hydrogen-bond acceptors (Lipinski definition) is 5. The fourth-order valence-corrected chi connectivity index (χ4v) is 3.36. The predicted octanol–water partition coefficient (Wildman–Crippen LogP) is 3.41. The van der Waals surface area contributed by atoms with Gasteiger partial charge in [-0.15, -0.1) is 0 Å². The minimum Gasteiger partial charge on any atom is -0.507 e. The number of aromatic hydroxyl groups is 1. The number of carbonyl (C=O) groups excluding carboxylic acids is 2. The van der Waals surface area contributed by atoms with E-state index < -0.39 is 11.8 Å². The highest BCUT2D eigenvalue weighted by Gasteiger charge is 2.13. The van der Waals surface area contributed by atoms with E-state index in [0.717, 1.165) is 21.5 Å². The van der Waals surface area contributed by atoms with E-state index in [1.807, 2.05) is 60.7 Å². The number of benzene rings is 4. The second-order valence-corrected chi connectivity index (χ2v) is 7.38. The summed E-state index contributed by atoms with van der Waals surface area (Å²) in [4.78, 5) is 24.5. The standard InChI is InChI=1S/C24H19N3O4S/c28-21-13-18-8-4-3-7-17(18)12-20(21)23(30)26-27-24(32)25-22(29)14-31-19-10-9-15-5-1-2-6-16(15)11-19/h1-13,28H,14H2,(H,26,30)(H2,25,27,29,32). The van der Waals surface area contributed by atoms with Gasteiger partial charge in [0.15, 0.2) is 11.7 Å². The molecule has 4 rings (SSSR count). The molecule has 32 heavy (non-hydrogen) atoms. The van der Waals surface area contributed by atoms with Gasteiger partial charge in [-0.05, 0) is 58.0 Å². The molecule has 4 aromatic rings. The molecule has 0 heterocycles. The average molecular weight is 446 g/mol. The summed E-state index contributed by atoms with van der Waals surface area (Å²) in [7, 11) is 0. The van der Waals surface area contributed by atoms with E-state index in [1.165, 1.54) is 6.07 Å². The van der Waals surface area contributed by atoms with Crippen molar-refractivity contribution < 1.29 is 19.4 Å². The second-order valence-electron chi connectivity index (χ2n) is 6.97. The number of hydrazine groups is 1. The number of hydrogen-bond donors (Lipinski definition) is 4. The number of amides is 2. The third kappa shape index (κ3) is 4.93. The molecular formula is C24H19N3O4S. The van der Waals surface area contributed by atoms with Crippen molar-refractivity contribution in [1.29, 1.82) is 0 Å². The molecule has 0 saturated carbocycles. The van der Waals surface area contributed by atoms with Crippen molar-refractivity contribution in [3.05, 3.63) is 84.4 Å². The van der Waals surface area contributed by atoms with E-state index in [4.69, 9.17) is 17.0 Å². The monoisotopic (exact) mass is 445 g/mol. The van der Waals surface area contributed by atoms with Gasteiger partial charge in [-0.25, -0.2) is 0 Å². The fourth-order valence-electron chi connectivity index (χ4n) is 3.19. The lowest BCUT2D eigenvalue weighted by Gasteiger charge is -2.12. The second kappa shape index (κ2) is 9.32. The summed E-state index contributed by atoms with van der Waals surface area (Å²) in [5.41, 5.74) is 4.87. The Labute approximate surface area is 189 Å². The number of carbonyl (C=O) groups is 2. The van der Waals surface area contributed by atoms with Crippen molar-refractivity contribution in [1.82, 2.24) is 16.2 Å². The van der Waals surface area contributed by atoms with E-state index in [-0.39, 0.29) is 23.0 Å². The van der Waals surface area contributed by atoms with Gasteiger partial charge in [-0.2, -0.15) is 0 Å². The van der Waals surface area contributed by atoms with Crippen LogP contribution in [0.5, 0.6) is 11.5 Å². The van der Waals surface area contributed by atoms with E-state index >= 15 is 0 Å². The zero-order chi connectivity index (χ0) is 22.5. The van der Waals surface area contributed by atoms with Crippen molar-refractivity contribution in [2.24, 2.45) is 0 Å². The largest absolute Gasteiger partial charge is 0.507 e. The van der Waals surface area contributed by atoms with Crippen LogP contribution < -0.4 is 20.9 Å². The Balaban J connectivity index is 1.28. The third-order valence-corrected chi connectivity index (χ3v) is 4.95. The van der Waals surface area contributed by atoms with Crippen LogP contribution in [0, 0.1) is 0 Å². The molecule has 0 spiro atoms. The molecule has 0 unspecified atom stereocenters. The first-order chi connectivity index (χ1) is 15.5. The van der Waals surface area contributed by atoms with Crippen LogP contribution in [0.1, 0.15) is 10.4 Å². The third-order valence-electron chi connectivity index (χ3n) is 4.74. The summed E-state index contributed by atoms with van der Waals surface area (Å²) >= 11 is 5.03. The highest BCUT2D eigenvalue weighted by molar-refractivity contribution is 7.80. The molecule has 7 nitrogen and oxygen atoms in total. The normalized spacial score (nSPS) is 10.5. The summed E-state index contributed by atoms with van der Waals surface area (Å²) in [5.74, 6) is -0.699. The molecule has 0 aliphatic carbocycles. The van der Waals surface area contributed by atoms with Crippen molar-refractivity contribution >= 4 is 50.7 Å². The van der Waals surface area contributed by atoms with Crippen LogP contribution in [0.2, 0.25) is 0 Å². The molecule has 0 bridgehead atoms. The Morgan fingerprint density at radius 2 is 1.44 bits per heavy atom. The minimum atomic E-state index is -0.600. The summed E-state index contributed by atoms with van der Waals surface area (Å²) in [6, 6.07) is 23.8. The van der Waals surface area contributed by atoms with Gasteiger partial charge in [-0.1, -0.05) is 54.6 Å².